The highest BCUT2D eigenvalue weighted by Gasteiger charge is 2.26. The molecule has 0 heterocycles. The summed E-state index contributed by atoms with van der Waals surface area (Å²) in [5.74, 6) is 0.233. The van der Waals surface area contributed by atoms with Crippen LogP contribution in [0, 0.1) is 10.1 Å². The topological polar surface area (TPSA) is 84.6 Å². The van der Waals surface area contributed by atoms with Gasteiger partial charge in [-0.25, -0.2) is 0 Å². The van der Waals surface area contributed by atoms with Gasteiger partial charge >= 0.3 is 5.69 Å². The maximum Gasteiger partial charge on any atom is 0.333 e. The van der Waals surface area contributed by atoms with Gasteiger partial charge in [0, 0.05) is 6.54 Å². The third-order valence-corrected chi connectivity index (χ3v) is 3.47. The lowest BCUT2D eigenvalue weighted by molar-refractivity contribution is -0.385. The number of para-hydroxylation sites is 1. The molecule has 118 valence electrons. The Bertz CT molecular complexity index is 485. The van der Waals surface area contributed by atoms with Crippen molar-refractivity contribution in [3.63, 3.8) is 0 Å². The monoisotopic (exact) mass is 296 g/mol. The second kappa shape index (κ2) is 7.26. The van der Waals surface area contributed by atoms with Crippen LogP contribution in [0.15, 0.2) is 18.2 Å². The highest BCUT2D eigenvalue weighted by molar-refractivity contribution is 5.68. The SMILES string of the molecule is CCC(O)(CC)CNc1cccc(OC(C)C)c1[N+](=O)[O-]. The highest BCUT2D eigenvalue weighted by Crippen LogP contribution is 2.35. The third-order valence-electron chi connectivity index (χ3n) is 3.47. The molecule has 0 amide bonds. The number of nitro benzene ring substituents is 1. The van der Waals surface area contributed by atoms with Gasteiger partial charge in [-0.1, -0.05) is 19.9 Å². The Kier molecular flexibility index (Phi) is 5.96. The first kappa shape index (κ1) is 17.2. The summed E-state index contributed by atoms with van der Waals surface area (Å²) in [4.78, 5) is 10.8. The molecule has 0 unspecified atom stereocenters. The fraction of sp³-hybridized carbons (Fsp3) is 0.600. The van der Waals surface area contributed by atoms with E-state index in [4.69, 9.17) is 4.74 Å². The molecule has 6 heteroatoms. The van der Waals surface area contributed by atoms with Crippen molar-refractivity contribution in [3.8, 4) is 5.75 Å². The predicted octanol–water partition coefficient (Wildman–Crippen LogP) is 3.35. The molecule has 21 heavy (non-hydrogen) atoms. The first-order valence-corrected chi connectivity index (χ1v) is 7.23. The fourth-order valence-electron chi connectivity index (χ4n) is 1.96. The van der Waals surface area contributed by atoms with E-state index in [1.807, 2.05) is 27.7 Å². The Labute approximate surface area is 125 Å². The molecule has 0 aliphatic heterocycles. The Morgan fingerprint density at radius 3 is 2.48 bits per heavy atom. The number of ether oxygens (including phenoxy) is 1. The molecule has 1 aromatic carbocycles. The van der Waals surface area contributed by atoms with E-state index in [-0.39, 0.29) is 24.1 Å². The Hall–Kier alpha value is -1.82. The number of aliphatic hydroxyl groups is 1. The van der Waals surface area contributed by atoms with Crippen molar-refractivity contribution in [1.29, 1.82) is 0 Å². The maximum atomic E-state index is 11.3. The zero-order valence-corrected chi connectivity index (χ0v) is 13.0. The van der Waals surface area contributed by atoms with Gasteiger partial charge in [-0.15, -0.1) is 0 Å². The van der Waals surface area contributed by atoms with E-state index in [1.165, 1.54) is 0 Å². The summed E-state index contributed by atoms with van der Waals surface area (Å²) in [5.41, 5.74) is -0.609. The van der Waals surface area contributed by atoms with Crippen LogP contribution in [0.4, 0.5) is 11.4 Å². The molecule has 1 rings (SSSR count). The zero-order valence-electron chi connectivity index (χ0n) is 13.0. The van der Waals surface area contributed by atoms with Crippen LogP contribution >= 0.6 is 0 Å². The molecule has 2 N–H and O–H groups in total. The number of benzene rings is 1. The molecule has 0 bridgehead atoms. The normalized spacial score (nSPS) is 11.5. The van der Waals surface area contributed by atoms with Crippen LogP contribution in [0.5, 0.6) is 5.75 Å². The molecule has 0 atom stereocenters. The molecule has 0 saturated heterocycles. The van der Waals surface area contributed by atoms with Crippen molar-refractivity contribution in [2.75, 3.05) is 11.9 Å². The number of nitrogens with zero attached hydrogens (tertiary/aromatic N) is 1. The molecule has 1 aromatic rings. The van der Waals surface area contributed by atoms with Crippen molar-refractivity contribution in [2.45, 2.75) is 52.2 Å². The molecular formula is C15H24N2O4. The van der Waals surface area contributed by atoms with Crippen molar-refractivity contribution >= 4 is 11.4 Å². The summed E-state index contributed by atoms with van der Waals surface area (Å²) in [6.45, 7) is 7.66. The number of anilines is 1. The van der Waals surface area contributed by atoms with E-state index >= 15 is 0 Å². The van der Waals surface area contributed by atoms with E-state index < -0.39 is 10.5 Å². The van der Waals surface area contributed by atoms with Crippen molar-refractivity contribution in [2.24, 2.45) is 0 Å². The van der Waals surface area contributed by atoms with Gasteiger partial charge in [0.05, 0.1) is 16.6 Å². The number of nitro groups is 1. The number of hydrogen-bond acceptors (Lipinski definition) is 5. The van der Waals surface area contributed by atoms with Gasteiger partial charge in [0.1, 0.15) is 5.69 Å². The van der Waals surface area contributed by atoms with Crippen LogP contribution in [-0.4, -0.2) is 28.3 Å². The van der Waals surface area contributed by atoms with E-state index in [2.05, 4.69) is 5.32 Å². The molecule has 0 spiro atoms. The van der Waals surface area contributed by atoms with Crippen molar-refractivity contribution < 1.29 is 14.8 Å². The second-order valence-corrected chi connectivity index (χ2v) is 5.36. The molecule has 0 aliphatic rings. The summed E-state index contributed by atoms with van der Waals surface area (Å²) in [6.07, 6.45) is 1.00. The minimum absolute atomic E-state index is 0.0965. The smallest absolute Gasteiger partial charge is 0.333 e. The summed E-state index contributed by atoms with van der Waals surface area (Å²) < 4.78 is 5.49. The number of nitrogens with one attached hydrogen (secondary N) is 1. The first-order valence-electron chi connectivity index (χ1n) is 7.23. The molecule has 6 nitrogen and oxygen atoms in total. The summed E-state index contributed by atoms with van der Waals surface area (Å²) in [5, 5.41) is 24.6. The maximum absolute atomic E-state index is 11.3. The van der Waals surface area contributed by atoms with Crippen LogP contribution in [0.3, 0.4) is 0 Å². The Morgan fingerprint density at radius 2 is 2.00 bits per heavy atom. The third kappa shape index (κ3) is 4.60. The van der Waals surface area contributed by atoms with Crippen LogP contribution in [-0.2, 0) is 0 Å². The van der Waals surface area contributed by atoms with Gasteiger partial charge in [-0.3, -0.25) is 10.1 Å². The predicted molar refractivity (Wildman–Crippen MR) is 82.9 cm³/mol. The molecule has 0 aliphatic carbocycles. The minimum atomic E-state index is -0.872. The van der Waals surface area contributed by atoms with Crippen LogP contribution < -0.4 is 10.1 Å². The van der Waals surface area contributed by atoms with E-state index in [9.17, 15) is 15.2 Å². The molecule has 0 radical (unpaired) electrons. The fourth-order valence-corrected chi connectivity index (χ4v) is 1.96. The Morgan fingerprint density at radius 1 is 1.38 bits per heavy atom. The Balaban J connectivity index is 3.04. The van der Waals surface area contributed by atoms with Gasteiger partial charge in [0.25, 0.3) is 0 Å². The lowest BCUT2D eigenvalue weighted by Crippen LogP contribution is -2.35. The van der Waals surface area contributed by atoms with E-state index in [0.717, 1.165) is 0 Å². The molecule has 0 aromatic heterocycles. The molecule has 0 fully saturated rings. The van der Waals surface area contributed by atoms with Crippen molar-refractivity contribution in [1.82, 2.24) is 0 Å². The zero-order chi connectivity index (χ0) is 16.0. The second-order valence-electron chi connectivity index (χ2n) is 5.36. The van der Waals surface area contributed by atoms with E-state index in [0.29, 0.717) is 18.5 Å². The first-order chi connectivity index (χ1) is 9.83. The van der Waals surface area contributed by atoms with Crippen LogP contribution in [0.2, 0.25) is 0 Å². The number of hydrogen-bond donors (Lipinski definition) is 2. The average Bonchev–Trinajstić information content (AvgIpc) is 2.43. The lowest BCUT2D eigenvalue weighted by atomic mass is 9.97. The van der Waals surface area contributed by atoms with Crippen molar-refractivity contribution in [3.05, 3.63) is 28.3 Å². The quantitative estimate of drug-likeness (QED) is 0.567. The lowest BCUT2D eigenvalue weighted by Gasteiger charge is -2.26. The van der Waals surface area contributed by atoms with Crippen LogP contribution in [0.25, 0.3) is 0 Å². The van der Waals surface area contributed by atoms with E-state index in [1.54, 1.807) is 18.2 Å². The standard InChI is InChI=1S/C15H24N2O4/c1-5-15(18,6-2)10-16-12-8-7-9-13(21-11(3)4)14(12)17(19)20/h7-9,11,16,18H,5-6,10H2,1-4H3. The minimum Gasteiger partial charge on any atom is -0.484 e. The summed E-state index contributed by atoms with van der Waals surface area (Å²) in [6, 6.07) is 4.90. The largest absolute Gasteiger partial charge is 0.484 e. The van der Waals surface area contributed by atoms with Gasteiger partial charge in [0.15, 0.2) is 5.75 Å². The van der Waals surface area contributed by atoms with Crippen LogP contribution in [0.1, 0.15) is 40.5 Å². The molecule has 0 saturated carbocycles. The summed E-state index contributed by atoms with van der Waals surface area (Å²) in [7, 11) is 0. The van der Waals surface area contributed by atoms with Gasteiger partial charge in [-0.05, 0) is 38.8 Å². The summed E-state index contributed by atoms with van der Waals surface area (Å²) >= 11 is 0. The van der Waals surface area contributed by atoms with Gasteiger partial charge < -0.3 is 15.2 Å². The number of rotatable bonds is 8. The molecular weight excluding hydrogens is 272 g/mol. The highest BCUT2D eigenvalue weighted by atomic mass is 16.6. The average molecular weight is 296 g/mol. The van der Waals surface area contributed by atoms with Gasteiger partial charge in [-0.2, -0.15) is 0 Å². The van der Waals surface area contributed by atoms with Gasteiger partial charge in [0.2, 0.25) is 0 Å².